The second kappa shape index (κ2) is 8.62. The first-order valence-corrected chi connectivity index (χ1v) is 12.5. The van der Waals surface area contributed by atoms with Crippen LogP contribution in [-0.4, -0.2) is 4.98 Å². The highest BCUT2D eigenvalue weighted by molar-refractivity contribution is 7.80. The molecule has 6 rings (SSSR count). The molecule has 0 radical (unpaired) electrons. The standard InChI is InChI=1S/C31H22NP/c1-3-13-27(14-4-1)33(28-15-5-2-6-16-28)30-17-9-12-24-20-21-29(32-31(24)30)26-19-18-23-10-7-8-11-25(23)22-26/h1-22H. The summed E-state index contributed by atoms with van der Waals surface area (Å²) in [6, 6.07) is 47.7. The van der Waals surface area contributed by atoms with E-state index in [-0.39, 0.29) is 0 Å². The zero-order valence-electron chi connectivity index (χ0n) is 18.1. The number of pyridine rings is 1. The van der Waals surface area contributed by atoms with Gasteiger partial charge < -0.3 is 0 Å². The second-order valence-electron chi connectivity index (χ2n) is 8.11. The molecule has 0 aliphatic carbocycles. The lowest BCUT2D eigenvalue weighted by atomic mass is 10.0. The van der Waals surface area contributed by atoms with Gasteiger partial charge in [0.1, 0.15) is 0 Å². The summed E-state index contributed by atoms with van der Waals surface area (Å²) in [6.45, 7) is 0. The lowest BCUT2D eigenvalue weighted by Crippen LogP contribution is -2.21. The molecule has 156 valence electrons. The molecule has 1 heterocycles. The van der Waals surface area contributed by atoms with E-state index in [1.807, 2.05) is 0 Å². The molecule has 5 aromatic carbocycles. The Morgan fingerprint density at radius 2 is 1.06 bits per heavy atom. The first kappa shape index (κ1) is 19.9. The molecule has 0 aliphatic rings. The number of benzene rings is 5. The maximum absolute atomic E-state index is 5.24. The Kier molecular flexibility index (Phi) is 5.19. The highest BCUT2D eigenvalue weighted by atomic mass is 31.1. The molecule has 6 aromatic rings. The van der Waals surface area contributed by atoms with Gasteiger partial charge in [0.15, 0.2) is 0 Å². The van der Waals surface area contributed by atoms with Crippen molar-refractivity contribution in [1.29, 1.82) is 0 Å². The molecule has 0 saturated heterocycles. The highest BCUT2D eigenvalue weighted by Crippen LogP contribution is 2.36. The van der Waals surface area contributed by atoms with Crippen molar-refractivity contribution in [2.45, 2.75) is 0 Å². The van der Waals surface area contributed by atoms with Gasteiger partial charge in [-0.05, 0) is 41.4 Å². The molecule has 0 bridgehead atoms. The van der Waals surface area contributed by atoms with Crippen molar-refractivity contribution in [3.63, 3.8) is 0 Å². The van der Waals surface area contributed by atoms with E-state index in [4.69, 9.17) is 4.98 Å². The summed E-state index contributed by atoms with van der Waals surface area (Å²) in [6.07, 6.45) is 0. The Morgan fingerprint density at radius 1 is 0.455 bits per heavy atom. The van der Waals surface area contributed by atoms with Gasteiger partial charge in [-0.1, -0.05) is 121 Å². The lowest BCUT2D eigenvalue weighted by Gasteiger charge is -2.21. The second-order valence-corrected chi connectivity index (χ2v) is 10.3. The molecule has 33 heavy (non-hydrogen) atoms. The van der Waals surface area contributed by atoms with E-state index in [2.05, 4.69) is 133 Å². The van der Waals surface area contributed by atoms with Crippen LogP contribution in [0.3, 0.4) is 0 Å². The fourth-order valence-corrected chi connectivity index (χ4v) is 6.82. The summed E-state index contributed by atoms with van der Waals surface area (Å²) in [5.74, 6) is 0. The van der Waals surface area contributed by atoms with Gasteiger partial charge >= 0.3 is 0 Å². The minimum Gasteiger partial charge on any atom is -0.247 e. The predicted octanol–water partition coefficient (Wildman–Crippen LogP) is 6.81. The van der Waals surface area contributed by atoms with Crippen molar-refractivity contribution in [3.05, 3.63) is 133 Å². The number of hydrogen-bond donors (Lipinski definition) is 0. The summed E-state index contributed by atoms with van der Waals surface area (Å²) >= 11 is 0. The van der Waals surface area contributed by atoms with Crippen LogP contribution in [0, 0.1) is 0 Å². The van der Waals surface area contributed by atoms with Crippen molar-refractivity contribution in [2.24, 2.45) is 0 Å². The number of aromatic nitrogens is 1. The maximum Gasteiger partial charge on any atom is 0.0792 e. The van der Waals surface area contributed by atoms with Crippen LogP contribution in [0.4, 0.5) is 0 Å². The van der Waals surface area contributed by atoms with Crippen molar-refractivity contribution in [2.75, 3.05) is 0 Å². The lowest BCUT2D eigenvalue weighted by molar-refractivity contribution is 1.41. The van der Waals surface area contributed by atoms with E-state index < -0.39 is 7.92 Å². The smallest absolute Gasteiger partial charge is 0.0792 e. The average molecular weight is 439 g/mol. The molecule has 0 aliphatic heterocycles. The molecule has 1 nitrogen and oxygen atoms in total. The fourth-order valence-electron chi connectivity index (χ4n) is 4.40. The summed E-state index contributed by atoms with van der Waals surface area (Å²) in [5, 5.41) is 7.63. The van der Waals surface area contributed by atoms with E-state index in [9.17, 15) is 0 Å². The van der Waals surface area contributed by atoms with Crippen LogP contribution < -0.4 is 15.9 Å². The third-order valence-corrected chi connectivity index (χ3v) is 8.49. The number of para-hydroxylation sites is 1. The van der Waals surface area contributed by atoms with Crippen LogP contribution in [0.25, 0.3) is 32.9 Å². The Balaban J connectivity index is 1.56. The van der Waals surface area contributed by atoms with Crippen LogP contribution >= 0.6 is 7.92 Å². The number of hydrogen-bond acceptors (Lipinski definition) is 1. The SMILES string of the molecule is c1ccc(P(c2ccccc2)c2cccc3ccc(-c4ccc5ccccc5c4)nc23)cc1. The quantitative estimate of drug-likeness (QED) is 0.275. The number of fused-ring (bicyclic) bond motifs is 2. The predicted molar refractivity (Wildman–Crippen MR) is 143 cm³/mol. The van der Waals surface area contributed by atoms with E-state index in [1.165, 1.54) is 32.1 Å². The van der Waals surface area contributed by atoms with Crippen molar-refractivity contribution in [1.82, 2.24) is 4.98 Å². The molecule has 0 unspecified atom stereocenters. The van der Waals surface area contributed by atoms with Crippen LogP contribution in [-0.2, 0) is 0 Å². The Hall–Kier alpha value is -3.80. The third-order valence-electron chi connectivity index (χ3n) is 6.01. The third kappa shape index (κ3) is 3.82. The topological polar surface area (TPSA) is 12.9 Å². The maximum atomic E-state index is 5.24. The van der Waals surface area contributed by atoms with E-state index >= 15 is 0 Å². The van der Waals surface area contributed by atoms with Crippen LogP contribution in [0.5, 0.6) is 0 Å². The van der Waals surface area contributed by atoms with Gasteiger partial charge in [0, 0.05) is 16.3 Å². The summed E-state index contributed by atoms with van der Waals surface area (Å²) in [5.41, 5.74) is 3.24. The highest BCUT2D eigenvalue weighted by Gasteiger charge is 2.19. The zero-order chi connectivity index (χ0) is 22.0. The minimum absolute atomic E-state index is 0.718. The van der Waals surface area contributed by atoms with Gasteiger partial charge in [-0.2, -0.15) is 0 Å². The van der Waals surface area contributed by atoms with Gasteiger partial charge in [-0.25, -0.2) is 4.98 Å². The molecule has 2 heteroatoms. The largest absolute Gasteiger partial charge is 0.247 e. The number of nitrogens with zero attached hydrogens (tertiary/aromatic N) is 1. The van der Waals surface area contributed by atoms with Crippen molar-refractivity contribution < 1.29 is 0 Å². The van der Waals surface area contributed by atoms with Gasteiger partial charge in [-0.3, -0.25) is 0 Å². The van der Waals surface area contributed by atoms with Crippen LogP contribution in [0.15, 0.2) is 133 Å². The molecule has 0 atom stereocenters. The molecular weight excluding hydrogens is 417 g/mol. The monoisotopic (exact) mass is 439 g/mol. The normalized spacial score (nSPS) is 11.3. The molecule has 0 N–H and O–H groups in total. The van der Waals surface area contributed by atoms with E-state index in [0.717, 1.165) is 16.8 Å². The van der Waals surface area contributed by atoms with Gasteiger partial charge in [0.05, 0.1) is 11.2 Å². The van der Waals surface area contributed by atoms with Crippen molar-refractivity contribution >= 4 is 45.5 Å². The van der Waals surface area contributed by atoms with Gasteiger partial charge in [0.2, 0.25) is 0 Å². The molecule has 0 amide bonds. The Bertz CT molecular complexity index is 1520. The first-order valence-electron chi connectivity index (χ1n) is 11.2. The Labute approximate surface area is 195 Å². The number of rotatable bonds is 4. The summed E-state index contributed by atoms with van der Waals surface area (Å²) < 4.78 is 0. The summed E-state index contributed by atoms with van der Waals surface area (Å²) in [7, 11) is -0.718. The average Bonchev–Trinajstić information content (AvgIpc) is 2.90. The summed E-state index contributed by atoms with van der Waals surface area (Å²) in [4.78, 5) is 5.24. The van der Waals surface area contributed by atoms with Crippen molar-refractivity contribution in [3.8, 4) is 11.3 Å². The van der Waals surface area contributed by atoms with Gasteiger partial charge in [0.25, 0.3) is 0 Å². The van der Waals surface area contributed by atoms with Crippen LogP contribution in [0.2, 0.25) is 0 Å². The molecule has 0 spiro atoms. The van der Waals surface area contributed by atoms with E-state index in [1.54, 1.807) is 0 Å². The fraction of sp³-hybridized carbons (Fsp3) is 0. The van der Waals surface area contributed by atoms with Crippen LogP contribution in [0.1, 0.15) is 0 Å². The van der Waals surface area contributed by atoms with E-state index in [0.29, 0.717) is 0 Å². The zero-order valence-corrected chi connectivity index (χ0v) is 19.0. The first-order chi connectivity index (χ1) is 16.4. The molecule has 0 saturated carbocycles. The minimum atomic E-state index is -0.718. The van der Waals surface area contributed by atoms with Gasteiger partial charge in [-0.15, -0.1) is 0 Å². The Morgan fingerprint density at radius 3 is 1.79 bits per heavy atom. The molecule has 1 aromatic heterocycles. The molecular formula is C31H22NP. The molecule has 0 fully saturated rings.